The summed E-state index contributed by atoms with van der Waals surface area (Å²) in [5.41, 5.74) is 3.10. The predicted octanol–water partition coefficient (Wildman–Crippen LogP) is 3.74. The third-order valence-corrected chi connectivity index (χ3v) is 4.25. The van der Waals surface area contributed by atoms with Crippen molar-refractivity contribution >= 4 is 33.9 Å². The summed E-state index contributed by atoms with van der Waals surface area (Å²) in [4.78, 5) is 10.7. The van der Waals surface area contributed by atoms with E-state index in [2.05, 4.69) is 32.5 Å². The molecule has 0 aliphatic carbocycles. The Balaban J connectivity index is 1.45. The van der Waals surface area contributed by atoms with Gasteiger partial charge in [-0.1, -0.05) is 11.6 Å². The van der Waals surface area contributed by atoms with Crippen molar-refractivity contribution < 1.29 is 0 Å². The Kier molecular flexibility index (Phi) is 6.04. The number of rotatable bonds is 8. The molecule has 3 rings (SSSR count). The van der Waals surface area contributed by atoms with Crippen molar-refractivity contribution in [2.24, 2.45) is 0 Å². The largest absolute Gasteiger partial charge is 0.384 e. The monoisotopic (exact) mass is 355 g/mol. The molecule has 2 heterocycles. The third kappa shape index (κ3) is 5.05. The molecule has 0 unspecified atom stereocenters. The first-order valence-electron chi connectivity index (χ1n) is 8.33. The molecular weight excluding hydrogens is 334 g/mol. The average Bonchev–Trinajstić information content (AvgIpc) is 2.62. The van der Waals surface area contributed by atoms with Crippen molar-refractivity contribution in [3.8, 4) is 0 Å². The highest BCUT2D eigenvalue weighted by molar-refractivity contribution is 6.31. The number of halogens is 1. The molecule has 0 saturated heterocycles. The van der Waals surface area contributed by atoms with Crippen LogP contribution in [0.1, 0.15) is 0 Å². The Bertz CT molecular complexity index is 809. The van der Waals surface area contributed by atoms with E-state index in [1.165, 1.54) is 0 Å². The number of aromatic nitrogens is 2. The van der Waals surface area contributed by atoms with Gasteiger partial charge < -0.3 is 15.5 Å². The Hall–Kier alpha value is -2.37. The number of likely N-dealkylation sites (N-methyl/N-ethyl adjacent to an activating group) is 1. The van der Waals surface area contributed by atoms with Crippen LogP contribution < -0.4 is 10.6 Å². The van der Waals surface area contributed by atoms with E-state index >= 15 is 0 Å². The number of fused-ring (bicyclic) bond motifs is 1. The molecule has 0 atom stereocenters. The minimum absolute atomic E-state index is 0.707. The van der Waals surface area contributed by atoms with Gasteiger partial charge in [0.2, 0.25) is 0 Å². The number of pyridine rings is 2. The fraction of sp³-hybridized carbons (Fsp3) is 0.263. The second-order valence-corrected chi connectivity index (χ2v) is 6.35. The van der Waals surface area contributed by atoms with Gasteiger partial charge >= 0.3 is 0 Å². The van der Waals surface area contributed by atoms with Crippen LogP contribution in [0.15, 0.2) is 55.0 Å². The summed E-state index contributed by atoms with van der Waals surface area (Å²) in [5, 5.41) is 8.68. The van der Waals surface area contributed by atoms with Crippen molar-refractivity contribution in [3.63, 3.8) is 0 Å². The van der Waals surface area contributed by atoms with Crippen molar-refractivity contribution in [3.05, 3.63) is 60.0 Å². The number of benzene rings is 1. The Morgan fingerprint density at radius 1 is 0.960 bits per heavy atom. The van der Waals surface area contributed by atoms with Gasteiger partial charge in [-0.05, 0) is 43.4 Å². The first-order chi connectivity index (χ1) is 12.2. The topological polar surface area (TPSA) is 53.1 Å². The van der Waals surface area contributed by atoms with Gasteiger partial charge in [-0.25, -0.2) is 0 Å². The summed E-state index contributed by atoms with van der Waals surface area (Å²) in [6, 6.07) is 11.7. The molecule has 3 aromatic rings. The molecule has 0 aliphatic heterocycles. The van der Waals surface area contributed by atoms with Crippen LogP contribution >= 0.6 is 11.6 Å². The van der Waals surface area contributed by atoms with Crippen LogP contribution in [0.25, 0.3) is 10.9 Å². The zero-order valence-corrected chi connectivity index (χ0v) is 15.0. The van der Waals surface area contributed by atoms with Gasteiger partial charge in [-0.15, -0.1) is 0 Å². The average molecular weight is 356 g/mol. The van der Waals surface area contributed by atoms with Crippen LogP contribution in [0.3, 0.4) is 0 Å². The highest BCUT2D eigenvalue weighted by atomic mass is 35.5. The molecule has 0 radical (unpaired) electrons. The van der Waals surface area contributed by atoms with Crippen LogP contribution in [0, 0.1) is 0 Å². The van der Waals surface area contributed by atoms with Gasteiger partial charge in [-0.2, -0.15) is 0 Å². The molecule has 2 aromatic heterocycles. The summed E-state index contributed by atoms with van der Waals surface area (Å²) >= 11 is 6.03. The van der Waals surface area contributed by atoms with Crippen LogP contribution in [0.5, 0.6) is 0 Å². The molecular formula is C19H22ClN5. The smallest absolute Gasteiger partial charge is 0.0737 e. The Morgan fingerprint density at radius 3 is 2.52 bits per heavy atom. The van der Waals surface area contributed by atoms with E-state index < -0.39 is 0 Å². The molecule has 0 saturated carbocycles. The summed E-state index contributed by atoms with van der Waals surface area (Å²) in [7, 11) is 2.13. The number of hydrogen-bond acceptors (Lipinski definition) is 5. The van der Waals surface area contributed by atoms with E-state index in [1.54, 1.807) is 12.4 Å². The van der Waals surface area contributed by atoms with Crippen molar-refractivity contribution in [1.29, 1.82) is 0 Å². The van der Waals surface area contributed by atoms with E-state index in [4.69, 9.17) is 11.6 Å². The van der Waals surface area contributed by atoms with E-state index in [0.717, 1.165) is 48.5 Å². The zero-order valence-electron chi connectivity index (χ0n) is 14.2. The van der Waals surface area contributed by atoms with Crippen LogP contribution in [0.2, 0.25) is 5.02 Å². The summed E-state index contributed by atoms with van der Waals surface area (Å²) in [6.45, 7) is 3.69. The lowest BCUT2D eigenvalue weighted by Gasteiger charge is -2.18. The summed E-state index contributed by atoms with van der Waals surface area (Å²) in [5.74, 6) is 0. The fourth-order valence-corrected chi connectivity index (χ4v) is 2.80. The van der Waals surface area contributed by atoms with Gasteiger partial charge in [-0.3, -0.25) is 9.97 Å². The Labute approximate surface area is 153 Å². The lowest BCUT2D eigenvalue weighted by atomic mass is 10.2. The summed E-state index contributed by atoms with van der Waals surface area (Å²) in [6.07, 6.45) is 5.40. The molecule has 6 heteroatoms. The zero-order chi connectivity index (χ0) is 17.5. The minimum atomic E-state index is 0.707. The second-order valence-electron chi connectivity index (χ2n) is 5.91. The van der Waals surface area contributed by atoms with Gasteiger partial charge in [0, 0.05) is 66.6 Å². The quantitative estimate of drug-likeness (QED) is 0.644. The van der Waals surface area contributed by atoms with Crippen LogP contribution in [-0.4, -0.2) is 48.1 Å². The van der Waals surface area contributed by atoms with Crippen molar-refractivity contribution in [1.82, 2.24) is 14.9 Å². The van der Waals surface area contributed by atoms with Gasteiger partial charge in [0.05, 0.1) is 5.52 Å². The van der Waals surface area contributed by atoms with Crippen molar-refractivity contribution in [2.45, 2.75) is 0 Å². The van der Waals surface area contributed by atoms with Crippen molar-refractivity contribution in [2.75, 3.05) is 43.9 Å². The molecule has 2 N–H and O–H groups in total. The van der Waals surface area contributed by atoms with E-state index in [0.29, 0.717) is 5.02 Å². The number of nitrogens with zero attached hydrogens (tertiary/aromatic N) is 3. The second kappa shape index (κ2) is 8.65. The van der Waals surface area contributed by atoms with E-state index in [-0.39, 0.29) is 0 Å². The molecule has 25 heavy (non-hydrogen) atoms. The molecule has 0 bridgehead atoms. The lowest BCUT2D eigenvalue weighted by Crippen LogP contribution is -2.29. The molecule has 1 aromatic carbocycles. The number of hydrogen-bond donors (Lipinski definition) is 2. The van der Waals surface area contributed by atoms with Crippen LogP contribution in [0.4, 0.5) is 11.4 Å². The number of nitrogens with one attached hydrogen (secondary N) is 2. The maximum Gasteiger partial charge on any atom is 0.0737 e. The summed E-state index contributed by atoms with van der Waals surface area (Å²) < 4.78 is 0. The first kappa shape index (κ1) is 17.5. The maximum absolute atomic E-state index is 6.03. The fourth-order valence-electron chi connectivity index (χ4n) is 2.63. The van der Waals surface area contributed by atoms with E-state index in [1.807, 2.05) is 42.6 Å². The third-order valence-electron chi connectivity index (χ3n) is 4.02. The minimum Gasteiger partial charge on any atom is -0.384 e. The highest BCUT2D eigenvalue weighted by Gasteiger charge is 2.03. The first-order valence-corrected chi connectivity index (χ1v) is 8.71. The normalized spacial score (nSPS) is 11.0. The standard InChI is InChI=1S/C19H22ClN5/c1-25(12-10-22-16-4-7-21-8-5-16)13-11-24-18-6-9-23-19-14-15(20)2-3-17(18)19/h2-9,14H,10-13H2,1H3,(H,21,22)(H,23,24). The van der Waals surface area contributed by atoms with Crippen LogP contribution in [-0.2, 0) is 0 Å². The molecule has 0 aliphatic rings. The Morgan fingerprint density at radius 2 is 1.72 bits per heavy atom. The molecule has 0 amide bonds. The molecule has 130 valence electrons. The molecule has 0 spiro atoms. The van der Waals surface area contributed by atoms with Gasteiger partial charge in [0.1, 0.15) is 0 Å². The highest BCUT2D eigenvalue weighted by Crippen LogP contribution is 2.24. The molecule has 0 fully saturated rings. The predicted molar refractivity (Wildman–Crippen MR) is 105 cm³/mol. The number of anilines is 2. The van der Waals surface area contributed by atoms with E-state index in [9.17, 15) is 0 Å². The maximum atomic E-state index is 6.03. The lowest BCUT2D eigenvalue weighted by molar-refractivity contribution is 0.361. The van der Waals surface area contributed by atoms with Gasteiger partial charge in [0.25, 0.3) is 0 Å². The SMILES string of the molecule is CN(CCNc1ccncc1)CCNc1ccnc2cc(Cl)ccc12. The van der Waals surface area contributed by atoms with Gasteiger partial charge in [0.15, 0.2) is 0 Å². The molecule has 5 nitrogen and oxygen atoms in total.